The third-order valence-electron chi connectivity index (χ3n) is 6.12. The summed E-state index contributed by atoms with van der Waals surface area (Å²) in [5.74, 6) is -1.17. The largest absolute Gasteiger partial charge is 0.385 e. The van der Waals surface area contributed by atoms with Crippen molar-refractivity contribution in [1.82, 2.24) is 4.90 Å². The van der Waals surface area contributed by atoms with Gasteiger partial charge in [-0.15, -0.1) is 0 Å². The number of anilines is 2. The number of aryl methyl sites for hydroxylation is 2. The predicted octanol–water partition coefficient (Wildman–Crippen LogP) is 6.68. The number of halogens is 2. The van der Waals surface area contributed by atoms with Crippen LogP contribution >= 0.6 is 35.0 Å². The van der Waals surface area contributed by atoms with Crippen LogP contribution in [0.2, 0.25) is 10.0 Å². The van der Waals surface area contributed by atoms with E-state index >= 15 is 0 Å². The highest BCUT2D eigenvalue weighted by Gasteiger charge is 2.39. The maximum atomic E-state index is 13.4. The minimum absolute atomic E-state index is 0.216. The molecule has 202 valence electrons. The molecule has 0 unspecified atom stereocenters. The van der Waals surface area contributed by atoms with Crippen LogP contribution in [-0.4, -0.2) is 42.9 Å². The van der Waals surface area contributed by atoms with E-state index in [9.17, 15) is 14.4 Å². The number of benzene rings is 3. The number of ether oxygens (including phenoxy) is 1. The molecule has 7 nitrogen and oxygen atoms in total. The van der Waals surface area contributed by atoms with Crippen LogP contribution in [0.5, 0.6) is 0 Å². The highest BCUT2D eigenvalue weighted by atomic mass is 35.5. The van der Waals surface area contributed by atoms with Crippen LogP contribution in [0.25, 0.3) is 0 Å². The van der Waals surface area contributed by atoms with Gasteiger partial charge < -0.3 is 15.4 Å². The smallest absolute Gasteiger partial charge is 0.278 e. The number of carbonyl (C=O) groups excluding carboxylic acids is 3. The first-order valence-corrected chi connectivity index (χ1v) is 13.7. The molecule has 0 bridgehead atoms. The van der Waals surface area contributed by atoms with E-state index in [0.29, 0.717) is 34.3 Å². The monoisotopic (exact) mass is 583 g/mol. The van der Waals surface area contributed by atoms with Crippen LogP contribution in [0.4, 0.5) is 11.4 Å². The Kier molecular flexibility index (Phi) is 9.35. The molecule has 1 aliphatic heterocycles. The molecule has 3 amide bonds. The van der Waals surface area contributed by atoms with Gasteiger partial charge in [-0.2, -0.15) is 0 Å². The van der Waals surface area contributed by atoms with E-state index < -0.39 is 11.8 Å². The highest BCUT2D eigenvalue weighted by Crippen LogP contribution is 2.37. The molecule has 4 rings (SSSR count). The van der Waals surface area contributed by atoms with Crippen LogP contribution in [-0.2, 0) is 14.3 Å². The Morgan fingerprint density at radius 1 is 0.949 bits per heavy atom. The summed E-state index contributed by atoms with van der Waals surface area (Å²) in [7, 11) is 1.58. The zero-order valence-electron chi connectivity index (χ0n) is 21.6. The molecule has 10 heteroatoms. The number of methoxy groups -OCH3 is 1. The number of nitrogens with one attached hydrogen (secondary N) is 2. The number of nitrogens with zero attached hydrogens (tertiary/aromatic N) is 1. The molecule has 3 aromatic rings. The van der Waals surface area contributed by atoms with Crippen molar-refractivity contribution in [3.05, 3.63) is 98.0 Å². The predicted molar refractivity (Wildman–Crippen MR) is 156 cm³/mol. The molecule has 0 saturated carbocycles. The number of carbonyl (C=O) groups is 3. The number of hydrogen-bond acceptors (Lipinski definition) is 6. The fraction of sp³-hybridized carbons (Fsp3) is 0.207. The maximum absolute atomic E-state index is 13.4. The molecule has 0 atom stereocenters. The van der Waals surface area contributed by atoms with E-state index in [2.05, 4.69) is 10.6 Å². The third-order valence-corrected chi connectivity index (χ3v) is 7.74. The Labute approximate surface area is 241 Å². The van der Waals surface area contributed by atoms with Gasteiger partial charge in [0.2, 0.25) is 0 Å². The lowest BCUT2D eigenvalue weighted by atomic mass is 10.1. The summed E-state index contributed by atoms with van der Waals surface area (Å²) in [4.78, 5) is 41.7. The summed E-state index contributed by atoms with van der Waals surface area (Å²) in [6, 6.07) is 17.4. The van der Waals surface area contributed by atoms with Crippen LogP contribution < -0.4 is 10.6 Å². The quantitative estimate of drug-likeness (QED) is 0.204. The third kappa shape index (κ3) is 6.83. The van der Waals surface area contributed by atoms with Crippen LogP contribution in [0.3, 0.4) is 0 Å². The number of imide groups is 1. The standard InChI is InChI=1S/C29H27Cl2N3O4S/c1-17-8-10-21(14-18(17)2)32-25-26(29(37)34(28(25)36)12-5-13-38-3)39-22-7-4-6-20(16-22)33-27(35)23-11-9-19(30)15-24(23)31/h4,6-11,14-16,32H,5,12-13H2,1-3H3,(H,33,35). The Bertz CT molecular complexity index is 1470. The second-order valence-corrected chi connectivity index (χ2v) is 10.9. The van der Waals surface area contributed by atoms with Gasteiger partial charge >= 0.3 is 0 Å². The SMILES string of the molecule is COCCCN1C(=O)C(Nc2ccc(C)c(C)c2)=C(Sc2cccc(NC(=O)c3ccc(Cl)cc3Cl)c2)C1=O. The van der Waals surface area contributed by atoms with Crippen molar-refractivity contribution >= 4 is 64.1 Å². The van der Waals surface area contributed by atoms with Gasteiger partial charge in [-0.05, 0) is 79.9 Å². The molecule has 3 aromatic carbocycles. The van der Waals surface area contributed by atoms with Gasteiger partial charge in [0.15, 0.2) is 0 Å². The second kappa shape index (κ2) is 12.7. The zero-order valence-corrected chi connectivity index (χ0v) is 24.0. The van der Waals surface area contributed by atoms with Gasteiger partial charge in [-0.25, -0.2) is 0 Å². The van der Waals surface area contributed by atoms with Gasteiger partial charge in [0, 0.05) is 41.6 Å². The zero-order chi connectivity index (χ0) is 28.1. The molecule has 0 saturated heterocycles. The molecular formula is C29H27Cl2N3O4S. The normalized spacial score (nSPS) is 13.3. The van der Waals surface area contributed by atoms with E-state index in [1.54, 1.807) is 37.4 Å². The van der Waals surface area contributed by atoms with Crippen molar-refractivity contribution in [2.45, 2.75) is 25.2 Å². The second-order valence-electron chi connectivity index (χ2n) is 8.94. The first-order chi connectivity index (χ1) is 18.7. The fourth-order valence-electron chi connectivity index (χ4n) is 3.92. The first kappa shape index (κ1) is 28.7. The minimum Gasteiger partial charge on any atom is -0.385 e. The molecule has 0 spiro atoms. The van der Waals surface area contributed by atoms with Gasteiger partial charge in [0.1, 0.15) is 10.6 Å². The van der Waals surface area contributed by atoms with Crippen molar-refractivity contribution in [3.63, 3.8) is 0 Å². The summed E-state index contributed by atoms with van der Waals surface area (Å²) in [6.07, 6.45) is 0.525. The number of thioether (sulfide) groups is 1. The molecule has 39 heavy (non-hydrogen) atoms. The van der Waals surface area contributed by atoms with E-state index in [1.165, 1.54) is 11.0 Å². The highest BCUT2D eigenvalue weighted by molar-refractivity contribution is 8.04. The van der Waals surface area contributed by atoms with Crippen molar-refractivity contribution in [2.75, 3.05) is 30.9 Å². The molecule has 0 aliphatic carbocycles. The molecule has 0 fully saturated rings. The summed E-state index contributed by atoms with van der Waals surface area (Å²) in [5, 5.41) is 6.67. The van der Waals surface area contributed by atoms with Gasteiger partial charge in [0.05, 0.1) is 10.6 Å². The molecular weight excluding hydrogens is 557 g/mol. The average Bonchev–Trinajstić information content (AvgIpc) is 3.10. The topological polar surface area (TPSA) is 87.7 Å². The first-order valence-electron chi connectivity index (χ1n) is 12.2. The Morgan fingerprint density at radius 2 is 1.74 bits per heavy atom. The average molecular weight is 585 g/mol. The van der Waals surface area contributed by atoms with Crippen molar-refractivity contribution in [1.29, 1.82) is 0 Å². The van der Waals surface area contributed by atoms with E-state index in [4.69, 9.17) is 27.9 Å². The number of hydrogen-bond donors (Lipinski definition) is 2. The molecule has 0 radical (unpaired) electrons. The van der Waals surface area contributed by atoms with Gasteiger partial charge in [0.25, 0.3) is 17.7 Å². The van der Waals surface area contributed by atoms with Crippen LogP contribution in [0, 0.1) is 13.8 Å². The summed E-state index contributed by atoms with van der Waals surface area (Å²) < 4.78 is 5.10. The van der Waals surface area contributed by atoms with Crippen LogP contribution in [0.1, 0.15) is 27.9 Å². The Morgan fingerprint density at radius 3 is 2.46 bits per heavy atom. The van der Waals surface area contributed by atoms with E-state index in [1.807, 2.05) is 38.1 Å². The van der Waals surface area contributed by atoms with Gasteiger partial charge in [-0.1, -0.05) is 47.1 Å². The minimum atomic E-state index is -0.397. The van der Waals surface area contributed by atoms with E-state index in [-0.39, 0.29) is 33.6 Å². The van der Waals surface area contributed by atoms with E-state index in [0.717, 1.165) is 22.9 Å². The van der Waals surface area contributed by atoms with Crippen molar-refractivity contribution in [3.8, 4) is 0 Å². The molecule has 2 N–H and O–H groups in total. The summed E-state index contributed by atoms with van der Waals surface area (Å²) in [5.41, 5.74) is 3.91. The van der Waals surface area contributed by atoms with Crippen molar-refractivity contribution in [2.24, 2.45) is 0 Å². The lowest BCUT2D eigenvalue weighted by Gasteiger charge is -2.15. The lowest BCUT2D eigenvalue weighted by Crippen LogP contribution is -2.33. The maximum Gasteiger partial charge on any atom is 0.278 e. The molecule has 1 heterocycles. The fourth-order valence-corrected chi connectivity index (χ4v) is 5.42. The summed E-state index contributed by atoms with van der Waals surface area (Å²) >= 11 is 13.3. The van der Waals surface area contributed by atoms with Gasteiger partial charge in [-0.3, -0.25) is 19.3 Å². The number of rotatable bonds is 10. The Balaban J connectivity index is 1.60. The lowest BCUT2D eigenvalue weighted by molar-refractivity contribution is -0.137. The Hall–Kier alpha value is -3.30. The number of amides is 3. The molecule has 1 aliphatic rings. The molecule has 0 aromatic heterocycles. The van der Waals surface area contributed by atoms with Crippen LogP contribution in [0.15, 0.2) is 76.2 Å². The van der Waals surface area contributed by atoms with Crippen molar-refractivity contribution < 1.29 is 19.1 Å². The summed E-state index contributed by atoms with van der Waals surface area (Å²) in [6.45, 7) is 4.67.